The van der Waals surface area contributed by atoms with E-state index in [0.717, 1.165) is 12.0 Å². The van der Waals surface area contributed by atoms with Crippen LogP contribution in [0.3, 0.4) is 0 Å². The Hall–Kier alpha value is -3.16. The maximum Gasteiger partial charge on any atom is 0.267 e. The minimum absolute atomic E-state index is 0.127. The largest absolute Gasteiger partial charge is 0.497 e. The van der Waals surface area contributed by atoms with Crippen molar-refractivity contribution in [2.24, 2.45) is 0 Å². The van der Waals surface area contributed by atoms with Gasteiger partial charge in [0.25, 0.3) is 5.56 Å². The lowest BCUT2D eigenvalue weighted by atomic mass is 10.1. The Morgan fingerprint density at radius 2 is 1.96 bits per heavy atom. The number of piperazine rings is 1. The average molecular weight is 356 g/mol. The number of carbonyl (C=O) groups is 2. The van der Waals surface area contributed by atoms with Crippen LogP contribution in [-0.2, 0) is 16.1 Å². The van der Waals surface area contributed by atoms with Crippen molar-refractivity contribution in [3.8, 4) is 17.0 Å². The van der Waals surface area contributed by atoms with E-state index in [1.54, 1.807) is 23.0 Å². The smallest absolute Gasteiger partial charge is 0.267 e. The average Bonchev–Trinajstić information content (AvgIpc) is 2.69. The summed E-state index contributed by atoms with van der Waals surface area (Å²) in [7, 11) is 1.58. The first-order chi connectivity index (χ1) is 12.6. The van der Waals surface area contributed by atoms with Crippen LogP contribution in [0.2, 0.25) is 0 Å². The molecule has 0 N–H and O–H groups in total. The van der Waals surface area contributed by atoms with Gasteiger partial charge in [0, 0.05) is 37.8 Å². The predicted octanol–water partition coefficient (Wildman–Crippen LogP) is 0.220. The van der Waals surface area contributed by atoms with Gasteiger partial charge in [0.05, 0.1) is 12.8 Å². The third-order valence-corrected chi connectivity index (χ3v) is 4.33. The molecular formula is C18H20N4O4. The van der Waals surface area contributed by atoms with Gasteiger partial charge in [-0.2, -0.15) is 5.10 Å². The van der Waals surface area contributed by atoms with E-state index < -0.39 is 0 Å². The van der Waals surface area contributed by atoms with Crippen LogP contribution in [-0.4, -0.2) is 65.2 Å². The van der Waals surface area contributed by atoms with Crippen LogP contribution in [0.5, 0.6) is 5.75 Å². The van der Waals surface area contributed by atoms with Gasteiger partial charge in [-0.05, 0) is 18.2 Å². The molecule has 0 saturated carbocycles. The molecule has 0 radical (unpaired) electrons. The van der Waals surface area contributed by atoms with Crippen LogP contribution in [0.15, 0.2) is 41.2 Å². The Morgan fingerprint density at radius 1 is 1.19 bits per heavy atom. The fourth-order valence-electron chi connectivity index (χ4n) is 2.80. The first-order valence-electron chi connectivity index (χ1n) is 8.30. The molecule has 2 heterocycles. The zero-order valence-corrected chi connectivity index (χ0v) is 14.5. The van der Waals surface area contributed by atoms with Crippen molar-refractivity contribution >= 4 is 12.3 Å². The number of carbonyl (C=O) groups excluding carboxylic acids is 2. The van der Waals surface area contributed by atoms with Crippen LogP contribution in [0.1, 0.15) is 0 Å². The summed E-state index contributed by atoms with van der Waals surface area (Å²) in [6.07, 6.45) is 0.783. The second-order valence-electron chi connectivity index (χ2n) is 5.97. The van der Waals surface area contributed by atoms with Crippen LogP contribution in [0, 0.1) is 0 Å². The molecule has 2 aromatic rings. The van der Waals surface area contributed by atoms with Crippen LogP contribution >= 0.6 is 0 Å². The van der Waals surface area contributed by atoms with Gasteiger partial charge in [0.15, 0.2) is 0 Å². The van der Waals surface area contributed by atoms with Crippen molar-refractivity contribution in [3.63, 3.8) is 0 Å². The molecule has 1 aromatic heterocycles. The molecule has 3 rings (SSSR count). The number of hydrogen-bond acceptors (Lipinski definition) is 5. The summed E-state index contributed by atoms with van der Waals surface area (Å²) < 4.78 is 6.38. The molecule has 0 atom stereocenters. The molecule has 8 heteroatoms. The highest BCUT2D eigenvalue weighted by Crippen LogP contribution is 2.21. The summed E-state index contributed by atoms with van der Waals surface area (Å²) in [6.45, 7) is 1.80. The SMILES string of the molecule is COc1cccc(-c2ccc(=O)n(CC(=O)N3CCN(C=O)CC3)n2)c1. The Bertz CT molecular complexity index is 856. The van der Waals surface area contributed by atoms with Crippen molar-refractivity contribution in [2.75, 3.05) is 33.3 Å². The normalized spacial score (nSPS) is 14.2. The van der Waals surface area contributed by atoms with Gasteiger partial charge in [-0.25, -0.2) is 4.68 Å². The number of rotatable bonds is 5. The monoisotopic (exact) mass is 356 g/mol. The van der Waals surface area contributed by atoms with Crippen LogP contribution in [0.4, 0.5) is 0 Å². The number of nitrogens with zero attached hydrogens (tertiary/aromatic N) is 4. The maximum absolute atomic E-state index is 12.5. The Labute approximate surface area is 150 Å². The minimum atomic E-state index is -0.337. The fourth-order valence-corrected chi connectivity index (χ4v) is 2.80. The molecule has 8 nitrogen and oxygen atoms in total. The van der Waals surface area contributed by atoms with E-state index in [2.05, 4.69) is 5.10 Å². The highest BCUT2D eigenvalue weighted by Gasteiger charge is 2.21. The first-order valence-corrected chi connectivity index (χ1v) is 8.30. The molecule has 0 spiro atoms. The number of methoxy groups -OCH3 is 1. The third-order valence-electron chi connectivity index (χ3n) is 4.33. The quantitative estimate of drug-likeness (QED) is 0.716. The summed E-state index contributed by atoms with van der Waals surface area (Å²) >= 11 is 0. The molecule has 0 bridgehead atoms. The topological polar surface area (TPSA) is 84.7 Å². The fraction of sp³-hybridized carbons (Fsp3) is 0.333. The summed E-state index contributed by atoms with van der Waals surface area (Å²) in [5, 5.41) is 4.32. The molecule has 1 aliphatic rings. The van der Waals surface area contributed by atoms with Gasteiger partial charge in [-0.3, -0.25) is 14.4 Å². The van der Waals surface area contributed by atoms with E-state index in [9.17, 15) is 14.4 Å². The van der Waals surface area contributed by atoms with Crippen molar-refractivity contribution in [3.05, 3.63) is 46.8 Å². The van der Waals surface area contributed by atoms with Crippen molar-refractivity contribution in [2.45, 2.75) is 6.54 Å². The van der Waals surface area contributed by atoms with Gasteiger partial charge in [0.1, 0.15) is 12.3 Å². The lowest BCUT2D eigenvalue weighted by Crippen LogP contribution is -2.49. The highest BCUT2D eigenvalue weighted by atomic mass is 16.5. The number of ether oxygens (including phenoxy) is 1. The molecule has 1 aliphatic heterocycles. The Morgan fingerprint density at radius 3 is 2.65 bits per heavy atom. The summed E-state index contributed by atoms with van der Waals surface area (Å²) in [5.74, 6) is 0.499. The van der Waals surface area contributed by atoms with E-state index in [-0.39, 0.29) is 18.0 Å². The lowest BCUT2D eigenvalue weighted by molar-refractivity contribution is -0.135. The van der Waals surface area contributed by atoms with Gasteiger partial charge >= 0.3 is 0 Å². The lowest BCUT2D eigenvalue weighted by Gasteiger charge is -2.32. The molecule has 1 fully saturated rings. The Balaban J connectivity index is 1.76. The number of benzene rings is 1. The van der Waals surface area contributed by atoms with E-state index in [4.69, 9.17) is 4.74 Å². The second-order valence-corrected chi connectivity index (χ2v) is 5.97. The van der Waals surface area contributed by atoms with Gasteiger partial charge < -0.3 is 14.5 Å². The van der Waals surface area contributed by atoms with E-state index in [0.29, 0.717) is 37.6 Å². The molecule has 2 amide bonds. The van der Waals surface area contributed by atoms with Crippen LogP contribution in [0.25, 0.3) is 11.3 Å². The first kappa shape index (κ1) is 17.7. The molecule has 1 saturated heterocycles. The summed E-state index contributed by atoms with van der Waals surface area (Å²) in [4.78, 5) is 38.6. The third kappa shape index (κ3) is 3.90. The van der Waals surface area contributed by atoms with Crippen molar-refractivity contribution in [1.29, 1.82) is 0 Å². The van der Waals surface area contributed by atoms with Gasteiger partial charge in [0.2, 0.25) is 12.3 Å². The summed E-state index contributed by atoms with van der Waals surface area (Å²) in [5.41, 5.74) is 1.05. The standard InChI is InChI=1S/C18H20N4O4/c1-26-15-4-2-3-14(11-15)16-5-6-17(24)22(19-16)12-18(25)21-9-7-20(13-23)8-10-21/h2-6,11,13H,7-10,12H2,1H3. The van der Waals surface area contributed by atoms with Crippen molar-refractivity contribution < 1.29 is 14.3 Å². The zero-order valence-electron chi connectivity index (χ0n) is 14.5. The number of aromatic nitrogens is 2. The molecule has 0 unspecified atom stereocenters. The second kappa shape index (κ2) is 7.81. The van der Waals surface area contributed by atoms with E-state index >= 15 is 0 Å². The summed E-state index contributed by atoms with van der Waals surface area (Å²) in [6, 6.07) is 10.4. The highest BCUT2D eigenvalue weighted by molar-refractivity contribution is 5.76. The van der Waals surface area contributed by atoms with Crippen molar-refractivity contribution in [1.82, 2.24) is 19.6 Å². The Kier molecular flexibility index (Phi) is 5.31. The van der Waals surface area contributed by atoms with E-state index in [1.165, 1.54) is 10.7 Å². The molecular weight excluding hydrogens is 336 g/mol. The van der Waals surface area contributed by atoms with Gasteiger partial charge in [-0.1, -0.05) is 12.1 Å². The minimum Gasteiger partial charge on any atom is -0.497 e. The molecule has 1 aromatic carbocycles. The maximum atomic E-state index is 12.5. The van der Waals surface area contributed by atoms with Crippen LogP contribution < -0.4 is 10.3 Å². The molecule has 26 heavy (non-hydrogen) atoms. The zero-order chi connectivity index (χ0) is 18.5. The molecule has 136 valence electrons. The van der Waals surface area contributed by atoms with E-state index in [1.807, 2.05) is 24.3 Å². The number of amides is 2. The predicted molar refractivity (Wildman–Crippen MR) is 94.7 cm³/mol. The number of hydrogen-bond donors (Lipinski definition) is 0. The molecule has 0 aliphatic carbocycles. The van der Waals surface area contributed by atoms with Gasteiger partial charge in [-0.15, -0.1) is 0 Å².